The number of amides is 1. The largest absolute Gasteiger partial charge is 0.378 e. The van der Waals surface area contributed by atoms with Crippen LogP contribution >= 0.6 is 11.3 Å². The summed E-state index contributed by atoms with van der Waals surface area (Å²) in [5.74, 6) is -0.513. The number of aromatic nitrogens is 1. The van der Waals surface area contributed by atoms with E-state index in [-0.39, 0.29) is 11.7 Å². The Morgan fingerprint density at radius 3 is 2.28 bits per heavy atom. The third kappa shape index (κ3) is 3.53. The van der Waals surface area contributed by atoms with Gasteiger partial charge < -0.3 is 9.80 Å². The fourth-order valence-corrected chi connectivity index (χ4v) is 3.31. The maximum Gasteiger partial charge on any atom is 0.269 e. The zero-order valence-electron chi connectivity index (χ0n) is 14.2. The van der Waals surface area contributed by atoms with E-state index in [1.54, 1.807) is 30.1 Å². The SMILES string of the molecule is CN(C)c1ccc(N(C)C(=O)c2cnc(-c3ccccc3F)s2)cc1. The molecule has 3 aromatic rings. The lowest BCUT2D eigenvalue weighted by Crippen LogP contribution is -2.25. The highest BCUT2D eigenvalue weighted by Gasteiger charge is 2.18. The highest BCUT2D eigenvalue weighted by atomic mass is 32.1. The van der Waals surface area contributed by atoms with E-state index in [0.717, 1.165) is 11.4 Å². The molecule has 0 aliphatic heterocycles. The molecule has 2 aromatic carbocycles. The quantitative estimate of drug-likeness (QED) is 0.700. The summed E-state index contributed by atoms with van der Waals surface area (Å²) in [6.07, 6.45) is 1.50. The Labute approximate surface area is 150 Å². The van der Waals surface area contributed by atoms with Crippen LogP contribution in [0.15, 0.2) is 54.7 Å². The predicted molar refractivity (Wildman–Crippen MR) is 101 cm³/mol. The highest BCUT2D eigenvalue weighted by molar-refractivity contribution is 7.17. The van der Waals surface area contributed by atoms with E-state index < -0.39 is 0 Å². The van der Waals surface area contributed by atoms with Crippen molar-refractivity contribution in [3.63, 3.8) is 0 Å². The number of halogens is 1. The number of anilines is 2. The van der Waals surface area contributed by atoms with Crippen molar-refractivity contribution < 1.29 is 9.18 Å². The van der Waals surface area contributed by atoms with Crippen LogP contribution in [0.2, 0.25) is 0 Å². The van der Waals surface area contributed by atoms with Crippen molar-refractivity contribution in [3.8, 4) is 10.6 Å². The molecule has 0 radical (unpaired) electrons. The number of carbonyl (C=O) groups excluding carboxylic acids is 1. The zero-order chi connectivity index (χ0) is 18.0. The summed E-state index contributed by atoms with van der Waals surface area (Å²) >= 11 is 1.19. The molecule has 4 nitrogen and oxygen atoms in total. The van der Waals surface area contributed by atoms with Crippen molar-refractivity contribution in [2.45, 2.75) is 0 Å². The van der Waals surface area contributed by atoms with Gasteiger partial charge >= 0.3 is 0 Å². The van der Waals surface area contributed by atoms with Crippen molar-refractivity contribution in [1.82, 2.24) is 4.98 Å². The van der Waals surface area contributed by atoms with Gasteiger partial charge in [-0.15, -0.1) is 11.3 Å². The van der Waals surface area contributed by atoms with Gasteiger partial charge in [0.2, 0.25) is 0 Å². The summed E-state index contributed by atoms with van der Waals surface area (Å²) in [6, 6.07) is 14.1. The number of benzene rings is 2. The Morgan fingerprint density at radius 2 is 1.64 bits per heavy atom. The number of thiazole rings is 1. The highest BCUT2D eigenvalue weighted by Crippen LogP contribution is 2.29. The zero-order valence-corrected chi connectivity index (χ0v) is 15.0. The Morgan fingerprint density at radius 1 is 1.00 bits per heavy atom. The van der Waals surface area contributed by atoms with Crippen LogP contribution in [0.1, 0.15) is 9.67 Å². The molecular formula is C19H18FN3OS. The average Bonchev–Trinajstić information content (AvgIpc) is 3.10. The first-order valence-electron chi connectivity index (χ1n) is 7.73. The first-order chi connectivity index (χ1) is 12.0. The van der Waals surface area contributed by atoms with Crippen molar-refractivity contribution >= 4 is 28.6 Å². The maximum atomic E-state index is 13.9. The molecule has 128 valence electrons. The first kappa shape index (κ1) is 17.1. The number of hydrogen-bond acceptors (Lipinski definition) is 4. The first-order valence-corrected chi connectivity index (χ1v) is 8.55. The Hall–Kier alpha value is -2.73. The molecule has 0 atom stereocenters. The predicted octanol–water partition coefficient (Wildman–Crippen LogP) is 4.29. The van der Waals surface area contributed by atoms with Crippen LogP contribution in [0.4, 0.5) is 15.8 Å². The van der Waals surface area contributed by atoms with Crippen molar-refractivity contribution in [2.75, 3.05) is 30.9 Å². The minimum atomic E-state index is -0.344. The standard InChI is InChI=1S/C19H18FN3OS/c1-22(2)13-8-10-14(11-9-13)23(3)19(24)17-12-21-18(25-17)15-6-4-5-7-16(15)20/h4-12H,1-3H3. The number of hydrogen-bond donors (Lipinski definition) is 0. The van der Waals surface area contributed by atoms with Gasteiger partial charge in [0, 0.05) is 38.1 Å². The second-order valence-corrected chi connectivity index (χ2v) is 6.82. The lowest BCUT2D eigenvalue weighted by molar-refractivity contribution is 0.0996. The fraction of sp³-hybridized carbons (Fsp3) is 0.158. The molecule has 0 spiro atoms. The average molecular weight is 355 g/mol. The van der Waals surface area contributed by atoms with Crippen molar-refractivity contribution in [2.24, 2.45) is 0 Å². The van der Waals surface area contributed by atoms with Gasteiger partial charge in [-0.1, -0.05) is 12.1 Å². The van der Waals surface area contributed by atoms with Gasteiger partial charge in [0.15, 0.2) is 0 Å². The second-order valence-electron chi connectivity index (χ2n) is 5.78. The van der Waals surface area contributed by atoms with Crippen LogP contribution in [0.25, 0.3) is 10.6 Å². The van der Waals surface area contributed by atoms with E-state index in [4.69, 9.17) is 0 Å². The minimum absolute atomic E-state index is 0.169. The van der Waals surface area contributed by atoms with Gasteiger partial charge in [-0.05, 0) is 36.4 Å². The summed E-state index contributed by atoms with van der Waals surface area (Å²) in [6.45, 7) is 0. The third-order valence-corrected chi connectivity index (χ3v) is 4.90. The molecule has 0 unspecified atom stereocenters. The molecule has 1 heterocycles. The monoisotopic (exact) mass is 355 g/mol. The molecule has 0 N–H and O–H groups in total. The minimum Gasteiger partial charge on any atom is -0.378 e. The Bertz CT molecular complexity index is 890. The van der Waals surface area contributed by atoms with Crippen LogP contribution in [-0.4, -0.2) is 32.0 Å². The second kappa shape index (κ2) is 7.03. The van der Waals surface area contributed by atoms with Gasteiger partial charge in [-0.2, -0.15) is 0 Å². The van der Waals surface area contributed by atoms with Crippen LogP contribution in [-0.2, 0) is 0 Å². The van der Waals surface area contributed by atoms with Crippen molar-refractivity contribution in [1.29, 1.82) is 0 Å². The van der Waals surface area contributed by atoms with Gasteiger partial charge in [0.05, 0.1) is 6.20 Å². The molecule has 3 rings (SSSR count). The number of nitrogens with zero attached hydrogens (tertiary/aromatic N) is 3. The summed E-state index contributed by atoms with van der Waals surface area (Å²) in [5.41, 5.74) is 2.25. The smallest absolute Gasteiger partial charge is 0.269 e. The van der Waals surface area contributed by atoms with Crippen LogP contribution in [0.3, 0.4) is 0 Å². The van der Waals surface area contributed by atoms with E-state index >= 15 is 0 Å². The van der Waals surface area contributed by atoms with E-state index in [2.05, 4.69) is 4.98 Å². The molecule has 0 bridgehead atoms. The van der Waals surface area contributed by atoms with E-state index in [9.17, 15) is 9.18 Å². The molecule has 6 heteroatoms. The van der Waals surface area contributed by atoms with Crippen LogP contribution in [0.5, 0.6) is 0 Å². The van der Waals surface area contributed by atoms with Gasteiger partial charge in [0.25, 0.3) is 5.91 Å². The molecule has 0 saturated carbocycles. The molecule has 0 aliphatic rings. The summed E-state index contributed by atoms with van der Waals surface area (Å²) in [4.78, 5) is 20.9. The normalized spacial score (nSPS) is 10.6. The molecule has 0 fully saturated rings. The van der Waals surface area contributed by atoms with Crippen LogP contribution in [0, 0.1) is 5.82 Å². The molecule has 1 amide bonds. The maximum absolute atomic E-state index is 13.9. The summed E-state index contributed by atoms with van der Waals surface area (Å²) in [5, 5.41) is 0.498. The lowest BCUT2D eigenvalue weighted by atomic mass is 10.2. The summed E-state index contributed by atoms with van der Waals surface area (Å²) < 4.78 is 13.9. The third-order valence-electron chi connectivity index (χ3n) is 3.88. The van der Waals surface area contributed by atoms with Gasteiger partial charge in [0.1, 0.15) is 15.7 Å². The topological polar surface area (TPSA) is 36.4 Å². The molecule has 0 saturated heterocycles. The van der Waals surface area contributed by atoms with E-state index in [1.165, 1.54) is 23.6 Å². The Kier molecular flexibility index (Phi) is 4.81. The van der Waals surface area contributed by atoms with E-state index in [0.29, 0.717) is 15.4 Å². The summed E-state index contributed by atoms with van der Waals surface area (Å²) in [7, 11) is 5.65. The van der Waals surface area contributed by atoms with Crippen molar-refractivity contribution in [3.05, 3.63) is 65.4 Å². The number of rotatable bonds is 4. The molecule has 25 heavy (non-hydrogen) atoms. The van der Waals surface area contributed by atoms with E-state index in [1.807, 2.05) is 43.3 Å². The number of carbonyl (C=O) groups is 1. The van der Waals surface area contributed by atoms with Gasteiger partial charge in [-0.25, -0.2) is 9.37 Å². The van der Waals surface area contributed by atoms with Gasteiger partial charge in [-0.3, -0.25) is 4.79 Å². The fourth-order valence-electron chi connectivity index (χ4n) is 2.39. The lowest BCUT2D eigenvalue weighted by Gasteiger charge is -2.18. The molecule has 1 aromatic heterocycles. The Balaban J connectivity index is 1.82. The van der Waals surface area contributed by atoms with Crippen LogP contribution < -0.4 is 9.80 Å². The molecule has 0 aliphatic carbocycles. The molecular weight excluding hydrogens is 337 g/mol.